The summed E-state index contributed by atoms with van der Waals surface area (Å²) >= 11 is 0. The molecule has 0 unspecified atom stereocenters. The van der Waals surface area contributed by atoms with E-state index in [1.54, 1.807) is 14.2 Å². The van der Waals surface area contributed by atoms with E-state index in [9.17, 15) is 4.79 Å². The van der Waals surface area contributed by atoms with Gasteiger partial charge in [-0.25, -0.2) is 0 Å². The van der Waals surface area contributed by atoms with E-state index in [4.69, 9.17) is 14.0 Å². The number of aryl methyl sites for hydroxylation is 1. The molecule has 28 heavy (non-hydrogen) atoms. The fraction of sp³-hybridized carbons (Fsp3) is 0.286. The van der Waals surface area contributed by atoms with Crippen LogP contribution in [0.1, 0.15) is 17.9 Å². The van der Waals surface area contributed by atoms with Gasteiger partial charge in [0, 0.05) is 12.1 Å². The number of hydrogen-bond acceptors (Lipinski definition) is 6. The monoisotopic (exact) mass is 381 g/mol. The van der Waals surface area contributed by atoms with E-state index < -0.39 is 0 Å². The van der Waals surface area contributed by atoms with E-state index in [-0.39, 0.29) is 12.3 Å². The van der Waals surface area contributed by atoms with Gasteiger partial charge in [-0.2, -0.15) is 4.98 Å². The lowest BCUT2D eigenvalue weighted by molar-refractivity contribution is -0.120. The molecular weight excluding hydrogens is 358 g/mol. The molecule has 0 bridgehead atoms. The molecule has 7 heteroatoms. The topological polar surface area (TPSA) is 86.5 Å². The number of carbonyl (C=O) groups excluding carboxylic acids is 1. The summed E-state index contributed by atoms with van der Waals surface area (Å²) in [6, 6.07) is 15.2. The Hall–Kier alpha value is -3.35. The zero-order valence-corrected chi connectivity index (χ0v) is 16.0. The second kappa shape index (κ2) is 9.55. The van der Waals surface area contributed by atoms with Crippen molar-refractivity contribution in [1.29, 1.82) is 0 Å². The average Bonchev–Trinajstić information content (AvgIpc) is 3.20. The molecular formula is C21H23N3O4. The Kier molecular flexibility index (Phi) is 6.62. The highest BCUT2D eigenvalue weighted by atomic mass is 16.5. The third-order valence-corrected chi connectivity index (χ3v) is 4.25. The van der Waals surface area contributed by atoms with Gasteiger partial charge in [-0.15, -0.1) is 0 Å². The van der Waals surface area contributed by atoms with Crippen LogP contribution in [0.3, 0.4) is 0 Å². The number of methoxy groups -OCH3 is 2. The van der Waals surface area contributed by atoms with Gasteiger partial charge < -0.3 is 19.3 Å². The molecule has 3 rings (SSSR count). The molecule has 7 nitrogen and oxygen atoms in total. The highest BCUT2D eigenvalue weighted by molar-refractivity contribution is 5.77. The van der Waals surface area contributed by atoms with Gasteiger partial charge in [0.2, 0.25) is 17.6 Å². The van der Waals surface area contributed by atoms with Crippen molar-refractivity contribution >= 4 is 5.91 Å². The van der Waals surface area contributed by atoms with E-state index in [1.165, 1.54) is 5.56 Å². The minimum atomic E-state index is -0.139. The predicted octanol–water partition coefficient (Wildman–Crippen LogP) is 3.05. The third kappa shape index (κ3) is 5.33. The van der Waals surface area contributed by atoms with Crippen LogP contribution in [0.5, 0.6) is 11.5 Å². The molecule has 0 spiro atoms. The average molecular weight is 381 g/mol. The molecule has 2 aromatic carbocycles. The SMILES string of the molecule is COc1ccc(CCCNC(=O)Cc2nc(-c3ccc(OC)cc3)no2)cc1. The molecule has 0 saturated carbocycles. The van der Waals surface area contributed by atoms with Crippen molar-refractivity contribution < 1.29 is 18.8 Å². The summed E-state index contributed by atoms with van der Waals surface area (Å²) < 4.78 is 15.4. The van der Waals surface area contributed by atoms with Crippen molar-refractivity contribution in [2.45, 2.75) is 19.3 Å². The van der Waals surface area contributed by atoms with Crippen molar-refractivity contribution in [3.8, 4) is 22.9 Å². The van der Waals surface area contributed by atoms with Gasteiger partial charge in [-0.3, -0.25) is 4.79 Å². The molecule has 1 aromatic heterocycles. The molecule has 1 heterocycles. The normalized spacial score (nSPS) is 10.5. The largest absolute Gasteiger partial charge is 0.497 e. The number of rotatable bonds is 9. The van der Waals surface area contributed by atoms with Crippen molar-refractivity contribution in [1.82, 2.24) is 15.5 Å². The lowest BCUT2D eigenvalue weighted by Crippen LogP contribution is -2.26. The molecule has 1 N–H and O–H groups in total. The molecule has 0 aliphatic rings. The third-order valence-electron chi connectivity index (χ3n) is 4.25. The van der Waals surface area contributed by atoms with E-state index in [2.05, 4.69) is 15.5 Å². The number of amides is 1. The first-order valence-electron chi connectivity index (χ1n) is 9.04. The Morgan fingerprint density at radius 2 is 1.64 bits per heavy atom. The highest BCUT2D eigenvalue weighted by Crippen LogP contribution is 2.19. The number of aromatic nitrogens is 2. The fourth-order valence-corrected chi connectivity index (χ4v) is 2.70. The number of hydrogen-bond donors (Lipinski definition) is 1. The van der Waals surface area contributed by atoms with Crippen molar-refractivity contribution in [2.75, 3.05) is 20.8 Å². The maximum Gasteiger partial charge on any atom is 0.236 e. The van der Waals surface area contributed by atoms with Gasteiger partial charge in [0.1, 0.15) is 17.9 Å². The Bertz CT molecular complexity index is 889. The second-order valence-electron chi connectivity index (χ2n) is 6.22. The summed E-state index contributed by atoms with van der Waals surface area (Å²) in [7, 11) is 3.25. The molecule has 0 aliphatic heterocycles. The molecule has 0 radical (unpaired) electrons. The standard InChI is InChI=1S/C21H23N3O4/c1-26-17-9-5-15(6-10-17)4-3-13-22-19(25)14-20-23-21(24-28-20)16-7-11-18(27-2)12-8-16/h5-12H,3-4,13-14H2,1-2H3,(H,22,25). The van der Waals surface area contributed by atoms with Crippen LogP contribution in [-0.2, 0) is 17.6 Å². The minimum Gasteiger partial charge on any atom is -0.497 e. The van der Waals surface area contributed by atoms with Gasteiger partial charge in [-0.1, -0.05) is 17.3 Å². The molecule has 0 fully saturated rings. The van der Waals surface area contributed by atoms with Crippen molar-refractivity contribution in [3.05, 3.63) is 60.0 Å². The second-order valence-corrected chi connectivity index (χ2v) is 6.22. The van der Waals surface area contributed by atoms with Gasteiger partial charge in [0.15, 0.2) is 0 Å². The van der Waals surface area contributed by atoms with Crippen molar-refractivity contribution in [3.63, 3.8) is 0 Å². The molecule has 0 saturated heterocycles. The molecule has 146 valence electrons. The smallest absolute Gasteiger partial charge is 0.236 e. The highest BCUT2D eigenvalue weighted by Gasteiger charge is 2.12. The van der Waals surface area contributed by atoms with E-state index in [0.717, 1.165) is 29.9 Å². The lowest BCUT2D eigenvalue weighted by atomic mass is 10.1. The Balaban J connectivity index is 1.42. The molecule has 3 aromatic rings. The summed E-state index contributed by atoms with van der Waals surface area (Å²) in [4.78, 5) is 16.3. The predicted molar refractivity (Wildman–Crippen MR) is 104 cm³/mol. The molecule has 0 atom stereocenters. The minimum absolute atomic E-state index is 0.0612. The number of carbonyl (C=O) groups is 1. The molecule has 0 aliphatic carbocycles. The maximum absolute atomic E-state index is 12.1. The van der Waals surface area contributed by atoms with Crippen LogP contribution < -0.4 is 14.8 Å². The summed E-state index contributed by atoms with van der Waals surface area (Å²) in [5, 5.41) is 6.81. The molecule has 1 amide bonds. The van der Waals surface area contributed by atoms with Crippen LogP contribution >= 0.6 is 0 Å². The van der Waals surface area contributed by atoms with E-state index in [1.807, 2.05) is 48.5 Å². The van der Waals surface area contributed by atoms with Crippen LogP contribution in [0.4, 0.5) is 0 Å². The van der Waals surface area contributed by atoms with Gasteiger partial charge in [-0.05, 0) is 54.8 Å². The summed E-state index contributed by atoms with van der Waals surface area (Å²) in [5.74, 6) is 2.19. The maximum atomic E-state index is 12.1. The van der Waals surface area contributed by atoms with Gasteiger partial charge in [0.25, 0.3) is 0 Å². The van der Waals surface area contributed by atoms with Crippen LogP contribution in [-0.4, -0.2) is 36.8 Å². The Morgan fingerprint density at radius 3 is 2.29 bits per heavy atom. The first-order chi connectivity index (χ1) is 13.7. The van der Waals surface area contributed by atoms with Crippen LogP contribution in [0, 0.1) is 0 Å². The van der Waals surface area contributed by atoms with Crippen LogP contribution in [0.25, 0.3) is 11.4 Å². The first-order valence-corrected chi connectivity index (χ1v) is 9.04. The van der Waals surface area contributed by atoms with Crippen molar-refractivity contribution in [2.24, 2.45) is 0 Å². The number of ether oxygens (including phenoxy) is 2. The quantitative estimate of drug-likeness (QED) is 0.573. The van der Waals surface area contributed by atoms with Crippen LogP contribution in [0.2, 0.25) is 0 Å². The first kappa shape index (κ1) is 19.4. The zero-order valence-electron chi connectivity index (χ0n) is 16.0. The summed E-state index contributed by atoms with van der Waals surface area (Å²) in [5.41, 5.74) is 2.01. The summed E-state index contributed by atoms with van der Waals surface area (Å²) in [6.07, 6.45) is 1.79. The van der Waals surface area contributed by atoms with E-state index in [0.29, 0.717) is 18.3 Å². The van der Waals surface area contributed by atoms with Gasteiger partial charge >= 0.3 is 0 Å². The lowest BCUT2D eigenvalue weighted by Gasteiger charge is -2.05. The zero-order chi connectivity index (χ0) is 19.8. The van der Waals surface area contributed by atoms with Crippen LogP contribution in [0.15, 0.2) is 53.1 Å². The Morgan fingerprint density at radius 1 is 1.00 bits per heavy atom. The summed E-state index contributed by atoms with van der Waals surface area (Å²) in [6.45, 7) is 0.588. The number of benzene rings is 2. The fourth-order valence-electron chi connectivity index (χ4n) is 2.70. The van der Waals surface area contributed by atoms with Gasteiger partial charge in [0.05, 0.1) is 14.2 Å². The van der Waals surface area contributed by atoms with E-state index >= 15 is 0 Å². The number of nitrogens with one attached hydrogen (secondary N) is 1. The number of nitrogens with zero attached hydrogens (tertiary/aromatic N) is 2. The Labute approximate surface area is 163 Å².